The fraction of sp³-hybridized carbons (Fsp3) is 0.727. The fourth-order valence-corrected chi connectivity index (χ4v) is 2.25. The Bertz CT molecular complexity index is 326. The summed E-state index contributed by atoms with van der Waals surface area (Å²) in [5, 5.41) is 6.60. The Morgan fingerprint density at radius 2 is 1.93 bits per heavy atom. The van der Waals surface area contributed by atoms with E-state index in [0.29, 0.717) is 11.8 Å². The van der Waals surface area contributed by atoms with E-state index in [9.17, 15) is 0 Å². The second-order valence-electron chi connectivity index (χ2n) is 4.48. The second-order valence-corrected chi connectivity index (χ2v) is 4.48. The lowest BCUT2D eigenvalue weighted by molar-refractivity contribution is 0.321. The number of hydrogen-bond donors (Lipinski definition) is 2. The number of oxazole rings is 1. The van der Waals surface area contributed by atoms with Crippen LogP contribution in [0.25, 0.3) is 0 Å². The van der Waals surface area contributed by atoms with Gasteiger partial charge in [-0.05, 0) is 25.9 Å². The Morgan fingerprint density at radius 3 is 2.60 bits per heavy atom. The number of rotatable bonds is 2. The van der Waals surface area contributed by atoms with Crippen molar-refractivity contribution in [2.24, 2.45) is 0 Å². The number of piperidine rings is 1. The minimum atomic E-state index is 0.514. The topological polar surface area (TPSA) is 50.1 Å². The lowest BCUT2D eigenvalue weighted by Gasteiger charge is -2.24. The van der Waals surface area contributed by atoms with E-state index >= 15 is 0 Å². The van der Waals surface area contributed by atoms with Gasteiger partial charge in [-0.1, -0.05) is 0 Å². The van der Waals surface area contributed by atoms with Crippen LogP contribution in [-0.4, -0.2) is 31.2 Å². The summed E-state index contributed by atoms with van der Waals surface area (Å²) in [5.41, 5.74) is 0. The molecule has 3 heterocycles. The van der Waals surface area contributed by atoms with Crippen molar-refractivity contribution < 1.29 is 4.42 Å². The van der Waals surface area contributed by atoms with Crippen molar-refractivity contribution in [1.82, 2.24) is 15.6 Å². The number of aromatic nitrogens is 1. The summed E-state index contributed by atoms with van der Waals surface area (Å²) in [6.45, 7) is 4.25. The van der Waals surface area contributed by atoms with Crippen LogP contribution < -0.4 is 10.6 Å². The van der Waals surface area contributed by atoms with Gasteiger partial charge in [-0.2, -0.15) is 0 Å². The third-order valence-corrected chi connectivity index (χ3v) is 3.41. The van der Waals surface area contributed by atoms with Crippen LogP contribution >= 0.6 is 0 Å². The van der Waals surface area contributed by atoms with Gasteiger partial charge >= 0.3 is 0 Å². The summed E-state index contributed by atoms with van der Waals surface area (Å²) < 4.78 is 5.85. The summed E-state index contributed by atoms with van der Waals surface area (Å²) in [6.07, 6.45) is 4.29. The first-order chi connectivity index (χ1) is 7.43. The molecule has 2 aliphatic heterocycles. The highest BCUT2D eigenvalue weighted by Gasteiger charge is 2.26. The van der Waals surface area contributed by atoms with E-state index < -0.39 is 0 Å². The van der Waals surface area contributed by atoms with Gasteiger partial charge in [0.15, 0.2) is 5.89 Å². The molecule has 4 nitrogen and oxygen atoms in total. The van der Waals surface area contributed by atoms with Crippen molar-refractivity contribution in [2.45, 2.75) is 24.7 Å². The Hall–Kier alpha value is -0.870. The number of hydrogen-bond acceptors (Lipinski definition) is 4. The van der Waals surface area contributed by atoms with Crippen LogP contribution in [0.2, 0.25) is 0 Å². The van der Waals surface area contributed by atoms with Crippen molar-refractivity contribution in [2.75, 3.05) is 26.2 Å². The molecular formula is C11H17N3O. The van der Waals surface area contributed by atoms with E-state index in [0.717, 1.165) is 37.8 Å². The highest BCUT2D eigenvalue weighted by Crippen LogP contribution is 2.28. The second kappa shape index (κ2) is 3.94. The molecule has 0 radical (unpaired) electrons. The molecule has 0 atom stereocenters. The summed E-state index contributed by atoms with van der Waals surface area (Å²) in [6, 6.07) is 0. The van der Waals surface area contributed by atoms with Crippen molar-refractivity contribution in [3.63, 3.8) is 0 Å². The lowest BCUT2D eigenvalue weighted by Crippen LogP contribution is -2.40. The van der Waals surface area contributed by atoms with Crippen LogP contribution in [0.4, 0.5) is 0 Å². The van der Waals surface area contributed by atoms with Crippen molar-refractivity contribution in [3.8, 4) is 0 Å². The van der Waals surface area contributed by atoms with Crippen molar-refractivity contribution in [1.29, 1.82) is 0 Å². The summed E-state index contributed by atoms with van der Waals surface area (Å²) in [4.78, 5) is 4.39. The Morgan fingerprint density at radius 1 is 1.13 bits per heavy atom. The first kappa shape index (κ1) is 9.36. The van der Waals surface area contributed by atoms with Gasteiger partial charge in [0.2, 0.25) is 0 Å². The molecule has 1 aromatic heterocycles. The molecule has 2 fully saturated rings. The lowest BCUT2D eigenvalue weighted by atomic mass is 9.96. The van der Waals surface area contributed by atoms with Gasteiger partial charge in [-0.25, -0.2) is 4.98 Å². The molecule has 82 valence electrons. The van der Waals surface area contributed by atoms with Crippen LogP contribution in [0.1, 0.15) is 36.3 Å². The zero-order valence-electron chi connectivity index (χ0n) is 8.83. The van der Waals surface area contributed by atoms with E-state index in [1.807, 2.05) is 6.20 Å². The van der Waals surface area contributed by atoms with E-state index in [4.69, 9.17) is 4.42 Å². The van der Waals surface area contributed by atoms with Gasteiger partial charge in [0.05, 0.1) is 12.1 Å². The van der Waals surface area contributed by atoms with Crippen LogP contribution in [-0.2, 0) is 0 Å². The molecule has 0 aromatic carbocycles. The molecule has 2 N–H and O–H groups in total. The molecule has 3 rings (SSSR count). The quantitative estimate of drug-likeness (QED) is 0.754. The normalized spacial score (nSPS) is 24.0. The van der Waals surface area contributed by atoms with Gasteiger partial charge in [0.25, 0.3) is 0 Å². The molecule has 2 aliphatic rings. The average molecular weight is 207 g/mol. The minimum absolute atomic E-state index is 0.514. The van der Waals surface area contributed by atoms with E-state index in [2.05, 4.69) is 15.6 Å². The average Bonchev–Trinajstić information content (AvgIpc) is 2.66. The molecule has 1 aromatic rings. The van der Waals surface area contributed by atoms with Crippen molar-refractivity contribution in [3.05, 3.63) is 17.8 Å². The Kier molecular flexibility index (Phi) is 2.46. The highest BCUT2D eigenvalue weighted by molar-refractivity contribution is 5.08. The minimum Gasteiger partial charge on any atom is -0.445 e. The molecule has 0 amide bonds. The predicted molar refractivity (Wildman–Crippen MR) is 57.0 cm³/mol. The molecule has 0 spiro atoms. The molecule has 0 aliphatic carbocycles. The zero-order valence-corrected chi connectivity index (χ0v) is 8.83. The molecule has 2 saturated heterocycles. The smallest absolute Gasteiger partial charge is 0.200 e. The molecule has 0 unspecified atom stereocenters. The number of nitrogens with one attached hydrogen (secondary N) is 2. The van der Waals surface area contributed by atoms with Crippen molar-refractivity contribution >= 4 is 0 Å². The zero-order chi connectivity index (χ0) is 10.1. The van der Waals surface area contributed by atoms with E-state index in [-0.39, 0.29) is 0 Å². The molecular weight excluding hydrogens is 190 g/mol. The van der Waals surface area contributed by atoms with Gasteiger partial charge in [0.1, 0.15) is 5.76 Å². The molecule has 15 heavy (non-hydrogen) atoms. The molecule has 4 heteroatoms. The summed E-state index contributed by atoms with van der Waals surface area (Å²) >= 11 is 0. The fourth-order valence-electron chi connectivity index (χ4n) is 2.25. The highest BCUT2D eigenvalue weighted by atomic mass is 16.4. The summed E-state index contributed by atoms with van der Waals surface area (Å²) in [7, 11) is 0. The van der Waals surface area contributed by atoms with E-state index in [1.54, 1.807) is 0 Å². The van der Waals surface area contributed by atoms with Gasteiger partial charge in [-0.15, -0.1) is 0 Å². The van der Waals surface area contributed by atoms with Gasteiger partial charge in [0, 0.05) is 19.0 Å². The first-order valence-corrected chi connectivity index (χ1v) is 5.80. The third kappa shape index (κ3) is 1.79. The predicted octanol–water partition coefficient (Wildman–Crippen LogP) is 0.828. The maximum Gasteiger partial charge on any atom is 0.200 e. The van der Waals surface area contributed by atoms with Crippen LogP contribution in [0.5, 0.6) is 0 Å². The number of nitrogens with zero attached hydrogens (tertiary/aromatic N) is 1. The largest absolute Gasteiger partial charge is 0.445 e. The third-order valence-electron chi connectivity index (χ3n) is 3.41. The Labute approximate surface area is 89.5 Å². The SMILES string of the molecule is c1nc(C2CNC2)oc1C1CCNCC1. The summed E-state index contributed by atoms with van der Waals surface area (Å²) in [5.74, 6) is 3.13. The monoisotopic (exact) mass is 207 g/mol. The maximum atomic E-state index is 5.85. The van der Waals surface area contributed by atoms with Gasteiger partial charge in [-0.3, -0.25) is 0 Å². The van der Waals surface area contributed by atoms with Crippen LogP contribution in [0.3, 0.4) is 0 Å². The van der Waals surface area contributed by atoms with Gasteiger partial charge < -0.3 is 15.1 Å². The molecule has 0 bridgehead atoms. The van der Waals surface area contributed by atoms with E-state index in [1.165, 1.54) is 12.8 Å². The Balaban J connectivity index is 1.71. The molecule has 0 saturated carbocycles. The standard InChI is InChI=1S/C11H17N3O/c1-3-12-4-2-8(1)10-7-14-11(15-10)9-5-13-6-9/h7-9,12-13H,1-6H2. The van der Waals surface area contributed by atoms with Crippen LogP contribution in [0, 0.1) is 0 Å². The first-order valence-electron chi connectivity index (χ1n) is 5.80. The van der Waals surface area contributed by atoms with Crippen LogP contribution in [0.15, 0.2) is 10.6 Å². The maximum absolute atomic E-state index is 5.85.